The van der Waals surface area contributed by atoms with Crippen molar-refractivity contribution < 1.29 is 48.6 Å². The van der Waals surface area contributed by atoms with E-state index in [0.29, 0.717) is 24.8 Å². The molecule has 0 aliphatic carbocycles. The van der Waals surface area contributed by atoms with Crippen LogP contribution in [0.5, 0.6) is 0 Å². The van der Waals surface area contributed by atoms with Crippen molar-refractivity contribution in [2.45, 2.75) is 122 Å². The van der Waals surface area contributed by atoms with Gasteiger partial charge in [-0.15, -0.1) is 0 Å². The summed E-state index contributed by atoms with van der Waals surface area (Å²) in [6.45, 7) is 7.88. The third kappa shape index (κ3) is 16.9. The summed E-state index contributed by atoms with van der Waals surface area (Å²) in [4.78, 5) is 102. The number of carboxylic acids is 2. The predicted molar refractivity (Wildman–Crippen MR) is 194 cm³/mol. The van der Waals surface area contributed by atoms with Crippen LogP contribution in [0.25, 0.3) is 0 Å². The number of amides is 6. The monoisotopic (exact) mass is 748 g/mol. The maximum absolute atomic E-state index is 13.9. The van der Waals surface area contributed by atoms with Crippen LogP contribution in [0.15, 0.2) is 30.3 Å². The van der Waals surface area contributed by atoms with Crippen molar-refractivity contribution in [3.05, 3.63) is 35.9 Å². The smallest absolute Gasteiger partial charge is 0.325 e. The van der Waals surface area contributed by atoms with Gasteiger partial charge in [-0.3, -0.25) is 38.4 Å². The third-order valence-electron chi connectivity index (χ3n) is 8.46. The average Bonchev–Trinajstić information content (AvgIpc) is 3.10. The van der Waals surface area contributed by atoms with Crippen LogP contribution in [0.1, 0.15) is 78.7 Å². The number of carboxylic acid groups (broad SMARTS) is 2. The van der Waals surface area contributed by atoms with Gasteiger partial charge in [-0.1, -0.05) is 50.6 Å². The molecule has 0 saturated heterocycles. The molecule has 53 heavy (non-hydrogen) atoms. The first-order valence-corrected chi connectivity index (χ1v) is 17.7. The van der Waals surface area contributed by atoms with Gasteiger partial charge in [-0.2, -0.15) is 0 Å². The minimum absolute atomic E-state index is 0.0370. The van der Waals surface area contributed by atoms with Gasteiger partial charge in [0.1, 0.15) is 36.3 Å². The maximum Gasteiger partial charge on any atom is 0.325 e. The fraction of sp³-hybridized carbons (Fsp3) is 0.600. The number of unbranched alkanes of at least 4 members (excludes halogenated alkanes) is 1. The van der Waals surface area contributed by atoms with Gasteiger partial charge >= 0.3 is 11.9 Å². The van der Waals surface area contributed by atoms with E-state index in [4.69, 9.17) is 16.6 Å². The van der Waals surface area contributed by atoms with Crippen LogP contribution in [-0.4, -0.2) is 106 Å². The Morgan fingerprint density at radius 3 is 1.70 bits per heavy atom. The van der Waals surface area contributed by atoms with E-state index in [1.54, 1.807) is 37.3 Å². The Balaban J connectivity index is 3.37. The van der Waals surface area contributed by atoms with Crippen LogP contribution in [-0.2, 0) is 44.8 Å². The zero-order chi connectivity index (χ0) is 40.2. The van der Waals surface area contributed by atoms with Crippen LogP contribution in [0, 0.1) is 5.92 Å². The largest absolute Gasteiger partial charge is 0.481 e. The van der Waals surface area contributed by atoms with Crippen LogP contribution in [0.3, 0.4) is 0 Å². The summed E-state index contributed by atoms with van der Waals surface area (Å²) in [6.07, 6.45) is 0.442. The lowest BCUT2D eigenvalue weighted by Gasteiger charge is -2.28. The number of rotatable bonds is 24. The molecular formula is C35H56N8O10. The highest BCUT2D eigenvalue weighted by atomic mass is 16.4. The quantitative estimate of drug-likeness (QED) is 0.0549. The zero-order valence-electron chi connectivity index (χ0n) is 31.0. The van der Waals surface area contributed by atoms with Crippen LogP contribution < -0.4 is 43.4 Å². The van der Waals surface area contributed by atoms with Crippen molar-refractivity contribution in [3.8, 4) is 0 Å². The molecule has 0 heterocycles. The molecule has 8 atom stereocenters. The lowest BCUT2D eigenvalue weighted by molar-refractivity contribution is -0.142. The van der Waals surface area contributed by atoms with Gasteiger partial charge in [-0.25, -0.2) is 0 Å². The van der Waals surface area contributed by atoms with Gasteiger partial charge in [0.2, 0.25) is 35.4 Å². The predicted octanol–water partition coefficient (Wildman–Crippen LogP) is -1.35. The van der Waals surface area contributed by atoms with Crippen LogP contribution in [0.4, 0.5) is 0 Å². The molecule has 0 aromatic heterocycles. The molecular weight excluding hydrogens is 692 g/mol. The standard InChI is InChI=1S/C35H56N8O10/c1-6-19(2)28(43-29(46)20(3)37)34(51)42-26(18-23-12-8-7-9-13-23)33(50)41-25(15-16-27(44)45)32(49)40-24(14-10-11-17-36)31(48)38-21(4)30(47)39-22(5)35(52)53/h7-9,12-13,19-22,24-26,28H,6,10-11,14-18,36-37H2,1-5H3,(H,38,48)(H,39,47)(H,40,49)(H,41,50)(H,42,51)(H,43,46)(H,44,45)(H,52,53)/t19-,20-,21-,22-,24-,25-,26-,28-/m0/s1. The fourth-order valence-electron chi connectivity index (χ4n) is 4.93. The van der Waals surface area contributed by atoms with E-state index in [0.717, 1.165) is 0 Å². The maximum atomic E-state index is 13.9. The number of hydrogen-bond acceptors (Lipinski definition) is 10. The fourth-order valence-corrected chi connectivity index (χ4v) is 4.93. The molecule has 0 saturated carbocycles. The summed E-state index contributed by atoms with van der Waals surface area (Å²) in [5, 5.41) is 33.5. The second-order valence-electron chi connectivity index (χ2n) is 13.0. The summed E-state index contributed by atoms with van der Waals surface area (Å²) >= 11 is 0. The van der Waals surface area contributed by atoms with Gasteiger partial charge in [0.15, 0.2) is 0 Å². The second-order valence-corrected chi connectivity index (χ2v) is 13.0. The van der Waals surface area contributed by atoms with Crippen molar-refractivity contribution in [1.82, 2.24) is 31.9 Å². The number of nitrogens with two attached hydrogens (primary N) is 2. The third-order valence-corrected chi connectivity index (χ3v) is 8.46. The number of benzene rings is 1. The second kappa shape index (κ2) is 23.5. The summed E-state index contributed by atoms with van der Waals surface area (Å²) < 4.78 is 0. The Morgan fingerprint density at radius 1 is 0.642 bits per heavy atom. The van der Waals surface area contributed by atoms with Crippen molar-refractivity contribution >= 4 is 47.4 Å². The summed E-state index contributed by atoms with van der Waals surface area (Å²) in [5.74, 6) is -7.48. The molecule has 0 aliphatic heterocycles. The van der Waals surface area contributed by atoms with E-state index >= 15 is 0 Å². The molecule has 6 amide bonds. The van der Waals surface area contributed by atoms with E-state index < -0.39 is 96.1 Å². The minimum atomic E-state index is -1.49. The van der Waals surface area contributed by atoms with E-state index in [-0.39, 0.29) is 31.7 Å². The average molecular weight is 749 g/mol. The molecule has 0 radical (unpaired) electrons. The molecule has 1 aromatic carbocycles. The SMILES string of the molecule is CC[C@H](C)[C@H](NC(=O)[C@H](C)N)C(=O)N[C@@H](Cc1ccccc1)C(=O)N[C@@H](CCC(=O)O)C(=O)N[C@@H](CCCCN)C(=O)N[C@@H](C)C(=O)N[C@@H](C)C(=O)O. The van der Waals surface area contributed by atoms with Crippen molar-refractivity contribution in [2.24, 2.45) is 17.4 Å². The number of aliphatic carboxylic acids is 2. The van der Waals surface area contributed by atoms with E-state index in [1.165, 1.54) is 20.8 Å². The first-order chi connectivity index (χ1) is 24.9. The normalized spacial score (nSPS) is 15.5. The molecule has 296 valence electrons. The molecule has 12 N–H and O–H groups in total. The van der Waals surface area contributed by atoms with Crippen LogP contribution >= 0.6 is 0 Å². The first kappa shape index (κ1) is 45.9. The van der Waals surface area contributed by atoms with Gasteiger partial charge in [0, 0.05) is 12.8 Å². The Kier molecular flexibility index (Phi) is 20.3. The van der Waals surface area contributed by atoms with Gasteiger partial charge < -0.3 is 53.6 Å². The number of carbonyl (C=O) groups is 8. The molecule has 0 spiro atoms. The highest BCUT2D eigenvalue weighted by Crippen LogP contribution is 2.12. The molecule has 18 nitrogen and oxygen atoms in total. The van der Waals surface area contributed by atoms with E-state index in [2.05, 4.69) is 31.9 Å². The zero-order valence-corrected chi connectivity index (χ0v) is 31.0. The van der Waals surface area contributed by atoms with Crippen molar-refractivity contribution in [1.29, 1.82) is 0 Å². The van der Waals surface area contributed by atoms with Crippen molar-refractivity contribution in [3.63, 3.8) is 0 Å². The molecule has 0 aliphatic rings. The Bertz CT molecular complexity index is 1410. The molecule has 1 aromatic rings. The highest BCUT2D eigenvalue weighted by Gasteiger charge is 2.34. The Morgan fingerprint density at radius 2 is 1.17 bits per heavy atom. The molecule has 0 unspecified atom stereocenters. The first-order valence-electron chi connectivity index (χ1n) is 17.7. The van der Waals surface area contributed by atoms with Gasteiger partial charge in [0.25, 0.3) is 0 Å². The minimum Gasteiger partial charge on any atom is -0.481 e. The lowest BCUT2D eigenvalue weighted by atomic mass is 9.96. The lowest BCUT2D eigenvalue weighted by Crippen LogP contribution is -2.60. The Labute approximate surface area is 309 Å². The van der Waals surface area contributed by atoms with Crippen LogP contribution in [0.2, 0.25) is 0 Å². The molecule has 0 bridgehead atoms. The molecule has 1 rings (SSSR count). The summed E-state index contributed by atoms with van der Waals surface area (Å²) in [6, 6.07) is 0.238. The van der Waals surface area contributed by atoms with E-state index in [9.17, 15) is 43.5 Å². The van der Waals surface area contributed by atoms with Gasteiger partial charge in [-0.05, 0) is 64.5 Å². The van der Waals surface area contributed by atoms with Gasteiger partial charge in [0.05, 0.1) is 6.04 Å². The number of nitrogens with one attached hydrogen (secondary N) is 6. The topological polar surface area (TPSA) is 301 Å². The summed E-state index contributed by atoms with van der Waals surface area (Å²) in [7, 11) is 0. The summed E-state index contributed by atoms with van der Waals surface area (Å²) in [5.41, 5.74) is 12.0. The highest BCUT2D eigenvalue weighted by molar-refractivity contribution is 5.97. The van der Waals surface area contributed by atoms with E-state index in [1.807, 2.05) is 6.92 Å². The number of hydrogen-bond donors (Lipinski definition) is 10. The van der Waals surface area contributed by atoms with Crippen molar-refractivity contribution in [2.75, 3.05) is 6.54 Å². The Hall–Kier alpha value is -5.10. The molecule has 18 heteroatoms. The molecule has 0 fully saturated rings. The number of carbonyl (C=O) groups excluding carboxylic acids is 6.